The van der Waals surface area contributed by atoms with E-state index in [-0.39, 0.29) is 17.5 Å². The minimum atomic E-state index is -0.159. The minimum absolute atomic E-state index is 0.0992. The van der Waals surface area contributed by atoms with Gasteiger partial charge in [0.15, 0.2) is 0 Å². The highest BCUT2D eigenvalue weighted by Gasteiger charge is 2.24. The van der Waals surface area contributed by atoms with Gasteiger partial charge < -0.3 is 15.5 Å². The van der Waals surface area contributed by atoms with Crippen molar-refractivity contribution in [1.29, 1.82) is 0 Å². The number of hydrogen-bond acceptors (Lipinski definition) is 3. The van der Waals surface area contributed by atoms with Gasteiger partial charge in [-0.05, 0) is 59.5 Å². The lowest BCUT2D eigenvalue weighted by molar-refractivity contribution is -0.124. The largest absolute Gasteiger partial charge is 0.350 e. The molecule has 20 heavy (non-hydrogen) atoms. The van der Waals surface area contributed by atoms with Crippen LogP contribution in [0.25, 0.3) is 0 Å². The van der Waals surface area contributed by atoms with Crippen LogP contribution in [0.3, 0.4) is 0 Å². The van der Waals surface area contributed by atoms with E-state index >= 15 is 0 Å². The van der Waals surface area contributed by atoms with Crippen molar-refractivity contribution < 1.29 is 4.79 Å². The van der Waals surface area contributed by atoms with Crippen LogP contribution in [0.2, 0.25) is 0 Å². The van der Waals surface area contributed by atoms with E-state index in [1.54, 1.807) is 0 Å². The van der Waals surface area contributed by atoms with E-state index in [2.05, 4.69) is 29.4 Å². The van der Waals surface area contributed by atoms with E-state index in [1.807, 2.05) is 27.7 Å². The van der Waals surface area contributed by atoms with Gasteiger partial charge in [0.05, 0.1) is 6.04 Å². The quantitative estimate of drug-likeness (QED) is 0.811. The molecule has 0 aromatic heterocycles. The summed E-state index contributed by atoms with van der Waals surface area (Å²) in [6, 6.07) is 0.356. The monoisotopic (exact) mass is 283 g/mol. The predicted molar refractivity (Wildman–Crippen MR) is 84.8 cm³/mol. The van der Waals surface area contributed by atoms with Crippen molar-refractivity contribution in [2.75, 3.05) is 19.6 Å². The molecular formula is C16H33N3O. The van der Waals surface area contributed by atoms with Crippen LogP contribution in [0.5, 0.6) is 0 Å². The van der Waals surface area contributed by atoms with Gasteiger partial charge >= 0.3 is 0 Å². The van der Waals surface area contributed by atoms with Gasteiger partial charge in [0, 0.05) is 18.1 Å². The Bertz CT molecular complexity index is 301. The fraction of sp³-hybridized carbons (Fsp3) is 0.938. The second-order valence-electron chi connectivity index (χ2n) is 7.60. The fourth-order valence-electron chi connectivity index (χ4n) is 2.71. The molecule has 4 nitrogen and oxygen atoms in total. The van der Waals surface area contributed by atoms with Crippen molar-refractivity contribution in [3.05, 3.63) is 0 Å². The number of nitrogens with one attached hydrogen (secondary N) is 2. The first kappa shape index (κ1) is 17.4. The summed E-state index contributed by atoms with van der Waals surface area (Å²) < 4.78 is 0. The van der Waals surface area contributed by atoms with E-state index in [0.29, 0.717) is 6.04 Å². The zero-order chi connectivity index (χ0) is 15.3. The van der Waals surface area contributed by atoms with Gasteiger partial charge in [-0.25, -0.2) is 0 Å². The molecule has 1 rings (SSSR count). The lowest BCUT2D eigenvalue weighted by Crippen LogP contribution is -2.53. The Hall–Kier alpha value is -0.610. The molecular weight excluding hydrogens is 250 g/mol. The van der Waals surface area contributed by atoms with Gasteiger partial charge in [-0.3, -0.25) is 4.79 Å². The predicted octanol–water partition coefficient (Wildman–Crippen LogP) is 2.00. The first-order valence-electron chi connectivity index (χ1n) is 7.98. The molecule has 2 N–H and O–H groups in total. The molecule has 1 aliphatic heterocycles. The SMILES string of the molecule is CC(C)CN1CCC(NC(C)C(=O)NC(C)(C)C)CC1. The van der Waals surface area contributed by atoms with Gasteiger partial charge in [0.1, 0.15) is 0 Å². The zero-order valence-corrected chi connectivity index (χ0v) is 14.1. The van der Waals surface area contributed by atoms with Crippen molar-refractivity contribution in [2.24, 2.45) is 5.92 Å². The molecule has 1 saturated heterocycles. The number of hydrogen-bond donors (Lipinski definition) is 2. The van der Waals surface area contributed by atoms with Crippen LogP contribution in [-0.2, 0) is 4.79 Å². The summed E-state index contributed by atoms with van der Waals surface area (Å²) in [6.07, 6.45) is 2.28. The number of carbonyl (C=O) groups is 1. The van der Waals surface area contributed by atoms with Crippen LogP contribution in [0, 0.1) is 5.92 Å². The van der Waals surface area contributed by atoms with Crippen molar-refractivity contribution in [3.63, 3.8) is 0 Å². The van der Waals surface area contributed by atoms with Crippen LogP contribution in [0.1, 0.15) is 54.4 Å². The third-order valence-electron chi connectivity index (χ3n) is 3.59. The standard InChI is InChI=1S/C16H33N3O/c1-12(2)11-19-9-7-14(8-10-19)17-13(3)15(20)18-16(4,5)6/h12-14,17H,7-11H2,1-6H3,(H,18,20). The summed E-state index contributed by atoms with van der Waals surface area (Å²) in [6.45, 7) is 16.0. The van der Waals surface area contributed by atoms with Crippen LogP contribution in [-0.4, -0.2) is 48.1 Å². The normalized spacial score (nSPS) is 20.1. The van der Waals surface area contributed by atoms with Crippen molar-refractivity contribution in [1.82, 2.24) is 15.5 Å². The number of piperidine rings is 1. The second-order valence-corrected chi connectivity index (χ2v) is 7.60. The highest BCUT2D eigenvalue weighted by Crippen LogP contribution is 2.13. The number of likely N-dealkylation sites (tertiary alicyclic amines) is 1. The molecule has 1 heterocycles. The molecule has 0 radical (unpaired) electrons. The van der Waals surface area contributed by atoms with Crippen LogP contribution in [0.4, 0.5) is 0 Å². The highest BCUT2D eigenvalue weighted by molar-refractivity contribution is 5.81. The molecule has 1 fully saturated rings. The molecule has 0 aromatic carbocycles. The molecule has 118 valence electrons. The fourth-order valence-corrected chi connectivity index (χ4v) is 2.71. The van der Waals surface area contributed by atoms with Crippen LogP contribution < -0.4 is 10.6 Å². The molecule has 1 aliphatic rings. The summed E-state index contributed by atoms with van der Waals surface area (Å²) in [7, 11) is 0. The lowest BCUT2D eigenvalue weighted by atomic mass is 10.0. The molecule has 1 atom stereocenters. The van der Waals surface area contributed by atoms with Crippen LogP contribution in [0.15, 0.2) is 0 Å². The average molecular weight is 283 g/mol. The Morgan fingerprint density at radius 2 is 1.75 bits per heavy atom. The Labute approximate surface area is 124 Å². The van der Waals surface area contributed by atoms with Gasteiger partial charge in [-0.15, -0.1) is 0 Å². The third-order valence-corrected chi connectivity index (χ3v) is 3.59. The zero-order valence-electron chi connectivity index (χ0n) is 14.1. The van der Waals surface area contributed by atoms with Gasteiger partial charge in [0.2, 0.25) is 5.91 Å². The molecule has 1 amide bonds. The number of nitrogens with zero attached hydrogens (tertiary/aromatic N) is 1. The molecule has 0 aliphatic carbocycles. The molecule has 0 bridgehead atoms. The van der Waals surface area contributed by atoms with E-state index in [0.717, 1.165) is 31.8 Å². The van der Waals surface area contributed by atoms with Crippen molar-refractivity contribution in [2.45, 2.75) is 72.0 Å². The Morgan fingerprint density at radius 3 is 2.20 bits per heavy atom. The Kier molecular flexibility index (Phi) is 6.46. The first-order chi connectivity index (χ1) is 9.17. The van der Waals surface area contributed by atoms with Gasteiger partial charge in [0.25, 0.3) is 0 Å². The maximum atomic E-state index is 12.1. The number of carbonyl (C=O) groups excluding carboxylic acids is 1. The lowest BCUT2D eigenvalue weighted by Gasteiger charge is -2.35. The smallest absolute Gasteiger partial charge is 0.237 e. The maximum Gasteiger partial charge on any atom is 0.237 e. The summed E-state index contributed by atoms with van der Waals surface area (Å²) in [5.41, 5.74) is -0.159. The maximum absolute atomic E-state index is 12.1. The van der Waals surface area contributed by atoms with E-state index in [1.165, 1.54) is 6.54 Å². The molecule has 0 spiro atoms. The molecule has 0 aromatic rings. The van der Waals surface area contributed by atoms with Gasteiger partial charge in [-0.2, -0.15) is 0 Å². The summed E-state index contributed by atoms with van der Waals surface area (Å²) in [5.74, 6) is 0.832. The Morgan fingerprint density at radius 1 is 1.20 bits per heavy atom. The first-order valence-corrected chi connectivity index (χ1v) is 7.98. The summed E-state index contributed by atoms with van der Waals surface area (Å²) >= 11 is 0. The molecule has 1 unspecified atom stereocenters. The highest BCUT2D eigenvalue weighted by atomic mass is 16.2. The number of amides is 1. The van der Waals surface area contributed by atoms with E-state index in [4.69, 9.17) is 0 Å². The average Bonchev–Trinajstić information content (AvgIpc) is 2.28. The van der Waals surface area contributed by atoms with Crippen molar-refractivity contribution in [3.8, 4) is 0 Å². The van der Waals surface area contributed by atoms with Crippen molar-refractivity contribution >= 4 is 5.91 Å². The van der Waals surface area contributed by atoms with E-state index < -0.39 is 0 Å². The second kappa shape index (κ2) is 7.41. The third kappa shape index (κ3) is 6.71. The number of rotatable bonds is 5. The Balaban J connectivity index is 2.31. The van der Waals surface area contributed by atoms with Gasteiger partial charge in [-0.1, -0.05) is 13.8 Å². The van der Waals surface area contributed by atoms with Crippen LogP contribution >= 0.6 is 0 Å². The molecule has 0 saturated carbocycles. The minimum Gasteiger partial charge on any atom is -0.350 e. The summed E-state index contributed by atoms with van der Waals surface area (Å²) in [5, 5.41) is 6.51. The summed E-state index contributed by atoms with van der Waals surface area (Å²) in [4.78, 5) is 14.6. The molecule has 4 heteroatoms. The topological polar surface area (TPSA) is 44.4 Å². The van der Waals surface area contributed by atoms with E-state index in [9.17, 15) is 4.79 Å².